The number of morpholine rings is 2. The average molecular weight is 449 g/mol. The zero-order valence-electron chi connectivity index (χ0n) is 17.7. The van der Waals surface area contributed by atoms with Crippen LogP contribution in [0.15, 0.2) is 18.3 Å². The van der Waals surface area contributed by atoms with E-state index in [1.807, 2.05) is 17.0 Å². The van der Waals surface area contributed by atoms with E-state index in [1.165, 1.54) is 11.3 Å². The van der Waals surface area contributed by atoms with Gasteiger partial charge in [0.15, 0.2) is 0 Å². The van der Waals surface area contributed by atoms with Crippen LogP contribution in [0.4, 0.5) is 0 Å². The van der Waals surface area contributed by atoms with Crippen molar-refractivity contribution in [1.29, 1.82) is 0 Å². The molecular formula is C21H28N4O5S. The molecule has 4 heterocycles. The summed E-state index contributed by atoms with van der Waals surface area (Å²) in [5.41, 5.74) is 0.883. The lowest BCUT2D eigenvalue weighted by atomic mass is 10.0. The minimum atomic E-state index is -0.293. The molecule has 2 fully saturated rings. The summed E-state index contributed by atoms with van der Waals surface area (Å²) >= 11 is 1.41. The number of pyridine rings is 1. The number of nitrogens with one attached hydrogen (secondary N) is 1. The molecule has 2 aromatic heterocycles. The number of hydrogen-bond donors (Lipinski definition) is 1. The summed E-state index contributed by atoms with van der Waals surface area (Å²) in [7, 11) is 1.61. The monoisotopic (exact) mass is 448 g/mol. The predicted octanol–water partition coefficient (Wildman–Crippen LogP) is 0.905. The van der Waals surface area contributed by atoms with Crippen LogP contribution in [0.2, 0.25) is 0 Å². The van der Waals surface area contributed by atoms with Crippen molar-refractivity contribution >= 4 is 33.4 Å². The van der Waals surface area contributed by atoms with Gasteiger partial charge in [0.05, 0.1) is 39.1 Å². The summed E-state index contributed by atoms with van der Waals surface area (Å²) in [5, 5.41) is 3.80. The Morgan fingerprint density at radius 1 is 1.29 bits per heavy atom. The Morgan fingerprint density at radius 2 is 2.13 bits per heavy atom. The maximum absolute atomic E-state index is 13.3. The molecule has 2 aliphatic heterocycles. The van der Waals surface area contributed by atoms with Crippen LogP contribution >= 0.6 is 11.3 Å². The predicted molar refractivity (Wildman–Crippen MR) is 116 cm³/mol. The molecule has 0 saturated carbocycles. The van der Waals surface area contributed by atoms with E-state index in [0.29, 0.717) is 64.0 Å². The summed E-state index contributed by atoms with van der Waals surface area (Å²) in [6.45, 7) is 5.24. The molecule has 0 spiro atoms. The molecule has 31 heavy (non-hydrogen) atoms. The van der Waals surface area contributed by atoms with Gasteiger partial charge in [0.2, 0.25) is 5.91 Å². The van der Waals surface area contributed by atoms with Gasteiger partial charge in [-0.15, -0.1) is 11.3 Å². The lowest BCUT2D eigenvalue weighted by Gasteiger charge is -2.33. The highest BCUT2D eigenvalue weighted by Gasteiger charge is 2.32. The van der Waals surface area contributed by atoms with Gasteiger partial charge in [-0.25, -0.2) is 4.98 Å². The van der Waals surface area contributed by atoms with Crippen LogP contribution in [0.1, 0.15) is 21.3 Å². The lowest BCUT2D eigenvalue weighted by molar-refractivity contribution is -0.124. The fraction of sp³-hybridized carbons (Fsp3) is 0.571. The van der Waals surface area contributed by atoms with Gasteiger partial charge in [0.1, 0.15) is 9.71 Å². The summed E-state index contributed by atoms with van der Waals surface area (Å²) in [4.78, 5) is 35.5. The van der Waals surface area contributed by atoms with Crippen LogP contribution in [0.25, 0.3) is 10.2 Å². The van der Waals surface area contributed by atoms with Crippen molar-refractivity contribution in [2.75, 3.05) is 72.8 Å². The molecule has 0 aromatic carbocycles. The number of rotatable bonds is 7. The molecular weight excluding hydrogens is 420 g/mol. The maximum atomic E-state index is 13.3. The highest BCUT2D eigenvalue weighted by molar-refractivity contribution is 7.20. The molecule has 4 rings (SSSR count). The van der Waals surface area contributed by atoms with E-state index in [1.54, 1.807) is 13.3 Å². The van der Waals surface area contributed by atoms with Gasteiger partial charge in [-0.05, 0) is 6.07 Å². The molecule has 9 nitrogen and oxygen atoms in total. The average Bonchev–Trinajstić information content (AvgIpc) is 3.19. The second-order valence-corrected chi connectivity index (χ2v) is 8.54. The number of ether oxygens (including phenoxy) is 3. The van der Waals surface area contributed by atoms with Gasteiger partial charge in [0, 0.05) is 57.0 Å². The fourth-order valence-electron chi connectivity index (χ4n) is 3.91. The van der Waals surface area contributed by atoms with Crippen molar-refractivity contribution in [1.82, 2.24) is 20.1 Å². The Kier molecular flexibility index (Phi) is 7.46. The fourth-order valence-corrected chi connectivity index (χ4v) is 5.07. The van der Waals surface area contributed by atoms with Gasteiger partial charge in [-0.3, -0.25) is 14.5 Å². The molecule has 2 amide bonds. The SMILES string of the molecule is COCCNC(=O)CN1CCOC(c2c(C(=O)N3CCOCC3)sc3ncccc23)C1. The highest BCUT2D eigenvalue weighted by atomic mass is 32.1. The first-order valence-corrected chi connectivity index (χ1v) is 11.3. The zero-order chi connectivity index (χ0) is 21.6. The summed E-state index contributed by atoms with van der Waals surface area (Å²) in [6, 6.07) is 3.87. The Balaban J connectivity index is 1.54. The van der Waals surface area contributed by atoms with Crippen molar-refractivity contribution in [2.24, 2.45) is 0 Å². The number of amides is 2. The third kappa shape index (κ3) is 5.21. The smallest absolute Gasteiger partial charge is 0.264 e. The second kappa shape index (κ2) is 10.5. The van der Waals surface area contributed by atoms with Crippen molar-refractivity contribution in [3.63, 3.8) is 0 Å². The molecule has 2 aliphatic rings. The van der Waals surface area contributed by atoms with E-state index in [2.05, 4.69) is 15.2 Å². The summed E-state index contributed by atoms with van der Waals surface area (Å²) in [6.07, 6.45) is 1.45. The molecule has 2 saturated heterocycles. The normalized spacial score (nSPS) is 20.2. The van der Waals surface area contributed by atoms with E-state index < -0.39 is 0 Å². The van der Waals surface area contributed by atoms with E-state index in [4.69, 9.17) is 14.2 Å². The van der Waals surface area contributed by atoms with Gasteiger partial charge in [0.25, 0.3) is 5.91 Å². The van der Waals surface area contributed by atoms with Gasteiger partial charge in [-0.2, -0.15) is 0 Å². The highest BCUT2D eigenvalue weighted by Crippen LogP contribution is 2.38. The number of methoxy groups -OCH3 is 1. The van der Waals surface area contributed by atoms with E-state index in [-0.39, 0.29) is 24.5 Å². The van der Waals surface area contributed by atoms with Crippen LogP contribution in [-0.2, 0) is 19.0 Å². The van der Waals surface area contributed by atoms with Crippen molar-refractivity contribution in [3.05, 3.63) is 28.8 Å². The number of thiophene rings is 1. The number of hydrogen-bond acceptors (Lipinski definition) is 8. The van der Waals surface area contributed by atoms with Crippen LogP contribution < -0.4 is 5.32 Å². The van der Waals surface area contributed by atoms with Crippen molar-refractivity contribution in [3.8, 4) is 0 Å². The quantitative estimate of drug-likeness (QED) is 0.629. The minimum Gasteiger partial charge on any atom is -0.383 e. The van der Waals surface area contributed by atoms with E-state index >= 15 is 0 Å². The van der Waals surface area contributed by atoms with Crippen LogP contribution in [0.3, 0.4) is 0 Å². The summed E-state index contributed by atoms with van der Waals surface area (Å²) < 4.78 is 16.5. The third-order valence-electron chi connectivity index (χ3n) is 5.47. The van der Waals surface area contributed by atoms with Gasteiger partial charge in [-0.1, -0.05) is 6.07 Å². The van der Waals surface area contributed by atoms with Gasteiger partial charge < -0.3 is 24.4 Å². The number of fused-ring (bicyclic) bond motifs is 1. The van der Waals surface area contributed by atoms with Crippen LogP contribution in [-0.4, -0.2) is 99.4 Å². The van der Waals surface area contributed by atoms with Crippen molar-refractivity contribution in [2.45, 2.75) is 6.10 Å². The molecule has 1 N–H and O–H groups in total. The number of aromatic nitrogens is 1. The number of carbonyl (C=O) groups excluding carboxylic acids is 2. The first-order valence-electron chi connectivity index (χ1n) is 10.5. The molecule has 0 bridgehead atoms. The molecule has 0 radical (unpaired) electrons. The van der Waals surface area contributed by atoms with E-state index in [0.717, 1.165) is 15.8 Å². The summed E-state index contributed by atoms with van der Waals surface area (Å²) in [5.74, 6) is -0.0431. The topological polar surface area (TPSA) is 93.2 Å². The van der Waals surface area contributed by atoms with Crippen LogP contribution in [0.5, 0.6) is 0 Å². The minimum absolute atomic E-state index is 0.000618. The Bertz CT molecular complexity index is 914. The molecule has 2 aromatic rings. The van der Waals surface area contributed by atoms with Gasteiger partial charge >= 0.3 is 0 Å². The lowest BCUT2D eigenvalue weighted by Crippen LogP contribution is -2.45. The van der Waals surface area contributed by atoms with Crippen LogP contribution in [0, 0.1) is 0 Å². The molecule has 10 heteroatoms. The Hall–Kier alpha value is -2.11. The number of nitrogens with zero attached hydrogens (tertiary/aromatic N) is 3. The molecule has 168 valence electrons. The third-order valence-corrected chi connectivity index (χ3v) is 6.58. The maximum Gasteiger partial charge on any atom is 0.264 e. The first kappa shape index (κ1) is 22.1. The first-order chi connectivity index (χ1) is 15.2. The number of carbonyl (C=O) groups is 2. The largest absolute Gasteiger partial charge is 0.383 e. The van der Waals surface area contributed by atoms with Crippen molar-refractivity contribution < 1.29 is 23.8 Å². The standard InChI is InChI=1S/C21H28N4O5S/c1-28-9-5-22-17(26)14-24-6-12-30-16(13-24)18-15-3-2-4-23-20(15)31-19(18)21(27)25-7-10-29-11-8-25/h2-4,16H,5-14H2,1H3,(H,22,26). The Morgan fingerprint density at radius 3 is 2.94 bits per heavy atom. The Labute approximate surface area is 185 Å². The zero-order valence-corrected chi connectivity index (χ0v) is 18.5. The molecule has 1 unspecified atom stereocenters. The molecule has 1 atom stereocenters. The second-order valence-electron chi connectivity index (χ2n) is 7.54. The molecule has 0 aliphatic carbocycles. The van der Waals surface area contributed by atoms with E-state index in [9.17, 15) is 9.59 Å².